The molecule has 1 aromatic heterocycles. The molecule has 3 aromatic rings. The van der Waals surface area contributed by atoms with E-state index < -0.39 is 15.8 Å². The van der Waals surface area contributed by atoms with Crippen LogP contribution in [-0.2, 0) is 14.8 Å². The lowest BCUT2D eigenvalue weighted by molar-refractivity contribution is -0.120. The summed E-state index contributed by atoms with van der Waals surface area (Å²) < 4.78 is 39.9. The van der Waals surface area contributed by atoms with Crippen molar-refractivity contribution in [2.45, 2.75) is 24.7 Å². The lowest BCUT2D eigenvalue weighted by Gasteiger charge is -2.30. The SMILES string of the molecule is Cc1ccccc1-c1csc(NC(=O)C2CCN(S(=O)(=O)c3ccc(F)cc3)CC2)n1. The summed E-state index contributed by atoms with van der Waals surface area (Å²) in [5.74, 6) is -0.919. The number of benzene rings is 2. The van der Waals surface area contributed by atoms with E-state index in [1.807, 2.05) is 36.6 Å². The van der Waals surface area contributed by atoms with E-state index in [1.165, 1.54) is 27.8 Å². The molecule has 1 saturated heterocycles. The minimum Gasteiger partial charge on any atom is -0.302 e. The maximum Gasteiger partial charge on any atom is 0.243 e. The Balaban J connectivity index is 1.37. The van der Waals surface area contributed by atoms with Gasteiger partial charge in [-0.15, -0.1) is 11.3 Å². The van der Waals surface area contributed by atoms with Gasteiger partial charge in [0.1, 0.15) is 5.82 Å². The third-order valence-electron chi connectivity index (χ3n) is 5.43. The first kappa shape index (κ1) is 21.6. The number of nitrogens with one attached hydrogen (secondary N) is 1. The summed E-state index contributed by atoms with van der Waals surface area (Å²) in [5, 5.41) is 5.32. The summed E-state index contributed by atoms with van der Waals surface area (Å²) in [5.41, 5.74) is 2.96. The molecule has 2 aromatic carbocycles. The van der Waals surface area contributed by atoms with Crippen LogP contribution in [-0.4, -0.2) is 36.7 Å². The third kappa shape index (κ3) is 4.68. The van der Waals surface area contributed by atoms with Gasteiger partial charge in [0.2, 0.25) is 15.9 Å². The zero-order valence-electron chi connectivity index (χ0n) is 16.9. The highest BCUT2D eigenvalue weighted by Crippen LogP contribution is 2.29. The van der Waals surface area contributed by atoms with E-state index in [2.05, 4.69) is 10.3 Å². The van der Waals surface area contributed by atoms with E-state index in [0.717, 1.165) is 29.0 Å². The molecule has 0 aliphatic carbocycles. The minimum atomic E-state index is -3.69. The second-order valence-corrected chi connectivity index (χ2v) is 10.3. The quantitative estimate of drug-likeness (QED) is 0.617. The number of carbonyl (C=O) groups is 1. The Labute approximate surface area is 184 Å². The molecule has 0 spiro atoms. The highest BCUT2D eigenvalue weighted by molar-refractivity contribution is 7.89. The predicted octanol–water partition coefficient (Wildman–Crippen LogP) is 4.30. The molecule has 162 valence electrons. The van der Waals surface area contributed by atoms with Crippen LogP contribution in [0.15, 0.2) is 58.8 Å². The molecule has 4 rings (SSSR count). The van der Waals surface area contributed by atoms with Crippen LogP contribution in [0.2, 0.25) is 0 Å². The fourth-order valence-electron chi connectivity index (χ4n) is 3.64. The van der Waals surface area contributed by atoms with Crippen LogP contribution >= 0.6 is 11.3 Å². The molecule has 1 N–H and O–H groups in total. The van der Waals surface area contributed by atoms with E-state index in [0.29, 0.717) is 18.0 Å². The number of anilines is 1. The molecule has 0 bridgehead atoms. The van der Waals surface area contributed by atoms with Crippen molar-refractivity contribution < 1.29 is 17.6 Å². The molecular formula is C22H22FN3O3S2. The zero-order valence-corrected chi connectivity index (χ0v) is 18.5. The first-order valence-electron chi connectivity index (χ1n) is 9.93. The Bertz CT molecular complexity index is 1180. The monoisotopic (exact) mass is 459 g/mol. The van der Waals surface area contributed by atoms with Crippen molar-refractivity contribution in [3.63, 3.8) is 0 Å². The van der Waals surface area contributed by atoms with Crippen LogP contribution in [0.1, 0.15) is 18.4 Å². The Hall–Kier alpha value is -2.62. The van der Waals surface area contributed by atoms with Gasteiger partial charge in [-0.05, 0) is 49.6 Å². The van der Waals surface area contributed by atoms with Crippen LogP contribution in [0.3, 0.4) is 0 Å². The third-order valence-corrected chi connectivity index (χ3v) is 8.10. The maximum absolute atomic E-state index is 13.1. The number of carbonyl (C=O) groups excluding carboxylic acids is 1. The molecule has 6 nitrogen and oxygen atoms in total. The van der Waals surface area contributed by atoms with Crippen molar-refractivity contribution in [3.05, 3.63) is 65.3 Å². The Morgan fingerprint density at radius 2 is 1.81 bits per heavy atom. The Morgan fingerprint density at radius 1 is 1.13 bits per heavy atom. The summed E-state index contributed by atoms with van der Waals surface area (Å²) in [6.45, 7) is 2.49. The highest BCUT2D eigenvalue weighted by atomic mass is 32.2. The number of aryl methyl sites for hydroxylation is 1. The first-order chi connectivity index (χ1) is 14.8. The number of thiazole rings is 1. The fourth-order valence-corrected chi connectivity index (χ4v) is 5.82. The van der Waals surface area contributed by atoms with Crippen molar-refractivity contribution in [1.82, 2.24) is 9.29 Å². The van der Waals surface area contributed by atoms with Crippen molar-refractivity contribution in [2.75, 3.05) is 18.4 Å². The van der Waals surface area contributed by atoms with E-state index >= 15 is 0 Å². The van der Waals surface area contributed by atoms with Gasteiger partial charge >= 0.3 is 0 Å². The summed E-state index contributed by atoms with van der Waals surface area (Å²) in [7, 11) is -3.69. The number of rotatable bonds is 5. The number of sulfonamides is 1. The van der Waals surface area contributed by atoms with Gasteiger partial charge in [0.15, 0.2) is 5.13 Å². The number of halogens is 1. The largest absolute Gasteiger partial charge is 0.302 e. The first-order valence-corrected chi connectivity index (χ1v) is 12.2. The van der Waals surface area contributed by atoms with Gasteiger partial charge in [0.25, 0.3) is 0 Å². The van der Waals surface area contributed by atoms with Gasteiger partial charge in [0, 0.05) is 30.0 Å². The van der Waals surface area contributed by atoms with E-state index in [1.54, 1.807) is 0 Å². The fraction of sp³-hybridized carbons (Fsp3) is 0.273. The van der Waals surface area contributed by atoms with Crippen molar-refractivity contribution in [2.24, 2.45) is 5.92 Å². The maximum atomic E-state index is 13.1. The molecule has 0 radical (unpaired) electrons. The lowest BCUT2D eigenvalue weighted by atomic mass is 9.97. The van der Waals surface area contributed by atoms with Crippen molar-refractivity contribution in [1.29, 1.82) is 0 Å². The van der Waals surface area contributed by atoms with Crippen LogP contribution in [0.25, 0.3) is 11.3 Å². The molecule has 9 heteroatoms. The predicted molar refractivity (Wildman–Crippen MR) is 119 cm³/mol. The number of hydrogen-bond acceptors (Lipinski definition) is 5. The van der Waals surface area contributed by atoms with Gasteiger partial charge < -0.3 is 5.32 Å². The molecule has 1 aliphatic heterocycles. The van der Waals surface area contributed by atoms with Crippen LogP contribution in [0.5, 0.6) is 0 Å². The van der Waals surface area contributed by atoms with Crippen LogP contribution < -0.4 is 5.32 Å². The molecule has 0 saturated carbocycles. The van der Waals surface area contributed by atoms with Gasteiger partial charge in [0.05, 0.1) is 10.6 Å². The number of hydrogen-bond donors (Lipinski definition) is 1. The summed E-state index contributed by atoms with van der Waals surface area (Å²) in [6, 6.07) is 12.7. The Morgan fingerprint density at radius 3 is 2.48 bits per heavy atom. The van der Waals surface area contributed by atoms with Gasteiger partial charge in [-0.25, -0.2) is 17.8 Å². The van der Waals surface area contributed by atoms with E-state index in [-0.39, 0.29) is 29.8 Å². The molecule has 0 unspecified atom stereocenters. The lowest BCUT2D eigenvalue weighted by Crippen LogP contribution is -2.41. The number of piperidine rings is 1. The standard InChI is InChI=1S/C22H22FN3O3S2/c1-15-4-2-3-5-19(15)20-14-30-22(24-20)25-21(27)16-10-12-26(13-11-16)31(28,29)18-8-6-17(23)7-9-18/h2-9,14,16H,10-13H2,1H3,(H,24,25,27). The number of nitrogens with zero attached hydrogens (tertiary/aromatic N) is 2. The van der Waals surface area contributed by atoms with Gasteiger partial charge in [-0.2, -0.15) is 4.31 Å². The van der Waals surface area contributed by atoms with E-state index in [9.17, 15) is 17.6 Å². The topological polar surface area (TPSA) is 79.4 Å². The average molecular weight is 460 g/mol. The average Bonchev–Trinajstić information content (AvgIpc) is 3.22. The minimum absolute atomic E-state index is 0.0586. The highest BCUT2D eigenvalue weighted by Gasteiger charge is 2.32. The summed E-state index contributed by atoms with van der Waals surface area (Å²) in [4.78, 5) is 17.3. The Kier molecular flexibility index (Phi) is 6.17. The second kappa shape index (κ2) is 8.86. The second-order valence-electron chi connectivity index (χ2n) is 7.47. The van der Waals surface area contributed by atoms with E-state index in [4.69, 9.17) is 0 Å². The van der Waals surface area contributed by atoms with Crippen molar-refractivity contribution in [3.8, 4) is 11.3 Å². The van der Waals surface area contributed by atoms with Crippen molar-refractivity contribution >= 4 is 32.4 Å². The van der Waals surface area contributed by atoms with Gasteiger partial charge in [-0.1, -0.05) is 24.3 Å². The molecule has 31 heavy (non-hydrogen) atoms. The molecule has 1 aliphatic rings. The van der Waals surface area contributed by atoms with Gasteiger partial charge in [-0.3, -0.25) is 4.79 Å². The normalized spacial score (nSPS) is 15.7. The van der Waals surface area contributed by atoms with Crippen LogP contribution in [0, 0.1) is 18.7 Å². The molecule has 0 atom stereocenters. The smallest absolute Gasteiger partial charge is 0.243 e. The number of amides is 1. The summed E-state index contributed by atoms with van der Waals surface area (Å²) >= 11 is 1.37. The molecule has 2 heterocycles. The number of aromatic nitrogens is 1. The van der Waals surface area contributed by atoms with Crippen LogP contribution in [0.4, 0.5) is 9.52 Å². The molecular weight excluding hydrogens is 437 g/mol. The molecule has 1 amide bonds. The zero-order chi connectivity index (χ0) is 22.0. The molecule has 1 fully saturated rings. The summed E-state index contributed by atoms with van der Waals surface area (Å²) in [6.07, 6.45) is 0.838.